The minimum absolute atomic E-state index is 0.0325. The van der Waals surface area contributed by atoms with Gasteiger partial charge in [-0.05, 0) is 24.3 Å². The summed E-state index contributed by atoms with van der Waals surface area (Å²) in [5, 5.41) is 13.7. The third-order valence-electron chi connectivity index (χ3n) is 5.19. The first kappa shape index (κ1) is 23.9. The SMILES string of the molecule is O=C(CN1CC(=O)Oc2cc([N+](=O)[O-])ccc21)Nc1cc(S(=O)(=O)N2CCOCC2)ccc1Cl. The van der Waals surface area contributed by atoms with Crippen LogP contribution in [0.15, 0.2) is 41.3 Å². The van der Waals surface area contributed by atoms with Crippen molar-refractivity contribution >= 4 is 50.6 Å². The van der Waals surface area contributed by atoms with Gasteiger partial charge in [0.05, 0.1) is 52.0 Å². The van der Waals surface area contributed by atoms with Crippen LogP contribution in [0.5, 0.6) is 5.75 Å². The molecule has 2 aliphatic rings. The predicted molar refractivity (Wildman–Crippen MR) is 121 cm³/mol. The van der Waals surface area contributed by atoms with Gasteiger partial charge in [0.1, 0.15) is 6.54 Å². The summed E-state index contributed by atoms with van der Waals surface area (Å²) >= 11 is 6.18. The molecule has 2 aliphatic heterocycles. The van der Waals surface area contributed by atoms with Crippen LogP contribution in [0, 0.1) is 10.1 Å². The van der Waals surface area contributed by atoms with Gasteiger partial charge < -0.3 is 19.7 Å². The summed E-state index contributed by atoms with van der Waals surface area (Å²) in [6, 6.07) is 7.72. The van der Waals surface area contributed by atoms with Crippen molar-refractivity contribution in [2.24, 2.45) is 0 Å². The number of anilines is 2. The van der Waals surface area contributed by atoms with E-state index in [2.05, 4.69) is 5.32 Å². The standard InChI is InChI=1S/C20H19ClN4O8S/c21-15-3-2-14(34(30,31)24-5-7-32-8-6-24)10-16(15)22-19(26)11-23-12-20(27)33-18-9-13(25(28)29)1-4-17(18)23/h1-4,9-10H,5-8,11-12H2,(H,22,26). The fourth-order valence-corrected chi connectivity index (χ4v) is 5.16. The first-order valence-electron chi connectivity index (χ1n) is 10.1. The van der Waals surface area contributed by atoms with E-state index in [1.807, 2.05) is 0 Å². The lowest BCUT2D eigenvalue weighted by atomic mass is 10.2. The van der Waals surface area contributed by atoms with Crippen molar-refractivity contribution in [2.45, 2.75) is 4.90 Å². The van der Waals surface area contributed by atoms with E-state index in [9.17, 15) is 28.1 Å². The van der Waals surface area contributed by atoms with Crippen LogP contribution in [0.3, 0.4) is 0 Å². The fourth-order valence-electron chi connectivity index (χ4n) is 3.56. The molecule has 12 nitrogen and oxygen atoms in total. The number of hydrogen-bond acceptors (Lipinski definition) is 9. The maximum Gasteiger partial charge on any atom is 0.331 e. The van der Waals surface area contributed by atoms with Crippen molar-refractivity contribution in [3.63, 3.8) is 0 Å². The van der Waals surface area contributed by atoms with E-state index in [4.69, 9.17) is 21.1 Å². The number of morpholine rings is 1. The second-order valence-electron chi connectivity index (χ2n) is 7.45. The van der Waals surface area contributed by atoms with Crippen molar-refractivity contribution in [3.8, 4) is 5.75 Å². The van der Waals surface area contributed by atoms with Crippen molar-refractivity contribution in [1.82, 2.24) is 4.31 Å². The van der Waals surface area contributed by atoms with Gasteiger partial charge in [-0.3, -0.25) is 14.9 Å². The van der Waals surface area contributed by atoms with Crippen LogP contribution in [0.25, 0.3) is 0 Å². The van der Waals surface area contributed by atoms with Crippen molar-refractivity contribution in [1.29, 1.82) is 0 Å². The Balaban J connectivity index is 1.52. The van der Waals surface area contributed by atoms with Gasteiger partial charge in [-0.25, -0.2) is 13.2 Å². The van der Waals surface area contributed by atoms with Gasteiger partial charge in [0, 0.05) is 19.2 Å². The van der Waals surface area contributed by atoms with Crippen molar-refractivity contribution in [2.75, 3.05) is 49.6 Å². The van der Waals surface area contributed by atoms with Crippen molar-refractivity contribution < 1.29 is 32.4 Å². The second kappa shape index (κ2) is 9.54. The number of nitro groups is 1. The van der Waals surface area contributed by atoms with Gasteiger partial charge in [0.15, 0.2) is 5.75 Å². The largest absolute Gasteiger partial charge is 0.423 e. The van der Waals surface area contributed by atoms with Crippen LogP contribution in [0.1, 0.15) is 0 Å². The number of nitrogens with zero attached hydrogens (tertiary/aromatic N) is 3. The van der Waals surface area contributed by atoms with E-state index in [0.29, 0.717) is 18.9 Å². The third-order valence-corrected chi connectivity index (χ3v) is 7.42. The third kappa shape index (κ3) is 4.97. The van der Waals surface area contributed by atoms with Gasteiger partial charge >= 0.3 is 5.97 Å². The van der Waals surface area contributed by atoms with Gasteiger partial charge in [0.25, 0.3) is 5.69 Å². The Morgan fingerprint density at radius 1 is 1.18 bits per heavy atom. The number of fused-ring (bicyclic) bond motifs is 1. The zero-order valence-electron chi connectivity index (χ0n) is 17.6. The topological polar surface area (TPSA) is 148 Å². The summed E-state index contributed by atoms with van der Waals surface area (Å²) in [6.45, 7) is 0.456. The Bertz CT molecular complexity index is 1260. The molecule has 14 heteroatoms. The van der Waals surface area contributed by atoms with E-state index < -0.39 is 26.8 Å². The number of esters is 1. The first-order valence-corrected chi connectivity index (χ1v) is 11.9. The molecule has 0 atom stereocenters. The molecule has 2 heterocycles. The maximum atomic E-state index is 12.9. The van der Waals surface area contributed by atoms with E-state index in [0.717, 1.165) is 6.07 Å². The van der Waals surface area contributed by atoms with Crippen LogP contribution in [0.4, 0.5) is 17.1 Å². The number of carbonyl (C=O) groups is 2. The minimum atomic E-state index is -3.81. The van der Waals surface area contributed by atoms with Gasteiger partial charge in [-0.1, -0.05) is 11.6 Å². The molecular formula is C20H19ClN4O8S. The number of hydrogen-bond donors (Lipinski definition) is 1. The number of ether oxygens (including phenoxy) is 2. The average Bonchev–Trinajstić information content (AvgIpc) is 2.80. The lowest BCUT2D eigenvalue weighted by Crippen LogP contribution is -2.41. The molecule has 0 bridgehead atoms. The highest BCUT2D eigenvalue weighted by molar-refractivity contribution is 7.89. The summed E-state index contributed by atoms with van der Waals surface area (Å²) in [6.07, 6.45) is 0. The lowest BCUT2D eigenvalue weighted by Gasteiger charge is -2.29. The predicted octanol–water partition coefficient (Wildman–Crippen LogP) is 1.63. The summed E-state index contributed by atoms with van der Waals surface area (Å²) in [4.78, 5) is 36.4. The number of rotatable bonds is 6. The smallest absolute Gasteiger partial charge is 0.331 e. The molecule has 0 aromatic heterocycles. The van der Waals surface area contributed by atoms with Gasteiger partial charge in [-0.15, -0.1) is 0 Å². The monoisotopic (exact) mass is 510 g/mol. The zero-order valence-corrected chi connectivity index (χ0v) is 19.2. The number of nitro benzene ring substituents is 1. The molecule has 0 radical (unpaired) electrons. The van der Waals surface area contributed by atoms with Crippen LogP contribution < -0.4 is 15.0 Å². The highest BCUT2D eigenvalue weighted by atomic mass is 35.5. The Morgan fingerprint density at radius 3 is 2.62 bits per heavy atom. The quantitative estimate of drug-likeness (QED) is 0.265. The molecule has 1 N–H and O–H groups in total. The number of carbonyl (C=O) groups excluding carboxylic acids is 2. The molecule has 0 unspecified atom stereocenters. The number of amides is 1. The number of sulfonamides is 1. The number of benzene rings is 2. The Hall–Kier alpha value is -3.26. The Kier molecular flexibility index (Phi) is 6.70. The molecule has 1 amide bonds. The molecule has 0 saturated carbocycles. The molecule has 1 saturated heterocycles. The highest BCUT2D eigenvalue weighted by Crippen LogP contribution is 2.35. The highest BCUT2D eigenvalue weighted by Gasteiger charge is 2.29. The summed E-state index contributed by atoms with van der Waals surface area (Å²) in [7, 11) is -3.81. The molecule has 180 valence electrons. The van der Waals surface area contributed by atoms with Crippen LogP contribution >= 0.6 is 11.6 Å². The molecule has 2 aromatic rings. The van der Waals surface area contributed by atoms with Gasteiger partial charge in [0.2, 0.25) is 15.9 Å². The van der Waals surface area contributed by atoms with E-state index >= 15 is 0 Å². The molecule has 0 aliphatic carbocycles. The van der Waals surface area contributed by atoms with E-state index in [-0.39, 0.29) is 53.2 Å². The van der Waals surface area contributed by atoms with E-state index in [1.54, 1.807) is 0 Å². The summed E-state index contributed by atoms with van der Waals surface area (Å²) in [5.74, 6) is -1.30. The van der Waals surface area contributed by atoms with Crippen molar-refractivity contribution in [3.05, 3.63) is 51.5 Å². The molecular weight excluding hydrogens is 492 g/mol. The number of nitrogens with one attached hydrogen (secondary N) is 1. The van der Waals surface area contributed by atoms with Crippen LogP contribution in [-0.4, -0.2) is 68.9 Å². The molecule has 0 spiro atoms. The Labute approximate surface area is 199 Å². The second-order valence-corrected chi connectivity index (χ2v) is 9.79. The molecule has 34 heavy (non-hydrogen) atoms. The van der Waals surface area contributed by atoms with Crippen LogP contribution in [-0.2, 0) is 24.3 Å². The van der Waals surface area contributed by atoms with Gasteiger partial charge in [-0.2, -0.15) is 4.31 Å². The minimum Gasteiger partial charge on any atom is -0.423 e. The zero-order chi connectivity index (χ0) is 24.5. The average molecular weight is 511 g/mol. The lowest BCUT2D eigenvalue weighted by molar-refractivity contribution is -0.384. The normalized spacial score (nSPS) is 16.5. The Morgan fingerprint density at radius 2 is 1.91 bits per heavy atom. The first-order chi connectivity index (χ1) is 16.1. The molecule has 2 aromatic carbocycles. The number of halogens is 1. The van der Waals surface area contributed by atoms with E-state index in [1.165, 1.54) is 39.5 Å². The summed E-state index contributed by atoms with van der Waals surface area (Å²) < 4.78 is 37.4. The maximum absolute atomic E-state index is 12.9. The fraction of sp³-hybridized carbons (Fsp3) is 0.300. The molecule has 1 fully saturated rings. The molecule has 4 rings (SSSR count). The number of non-ortho nitro benzene ring substituents is 1. The summed E-state index contributed by atoms with van der Waals surface area (Å²) in [5.41, 5.74) is 0.155. The van der Waals surface area contributed by atoms with Crippen LogP contribution in [0.2, 0.25) is 5.02 Å².